The Kier molecular flexibility index (Phi) is 5.79. The number of carbonyl (C=O) groups excluding carboxylic acids is 1. The van der Waals surface area contributed by atoms with E-state index in [2.05, 4.69) is 22.0 Å². The zero-order valence-corrected chi connectivity index (χ0v) is 15.0. The van der Waals surface area contributed by atoms with Crippen molar-refractivity contribution in [1.82, 2.24) is 20.0 Å². The number of hydrogen-bond donors (Lipinski definition) is 0. The summed E-state index contributed by atoms with van der Waals surface area (Å²) < 4.78 is 5.28. The second kappa shape index (κ2) is 8.23. The summed E-state index contributed by atoms with van der Waals surface area (Å²) in [5.41, 5.74) is 0.803. The number of rotatable bonds is 6. The average Bonchev–Trinajstić information content (AvgIpc) is 3.11. The zero-order chi connectivity index (χ0) is 17.6. The van der Waals surface area contributed by atoms with E-state index in [0.717, 1.165) is 5.56 Å². The number of pyridine rings is 1. The van der Waals surface area contributed by atoms with Gasteiger partial charge in [-0.05, 0) is 24.0 Å². The highest BCUT2D eigenvalue weighted by atomic mass is 16.5. The summed E-state index contributed by atoms with van der Waals surface area (Å²) in [5.74, 6) is 2.20. The van der Waals surface area contributed by atoms with Gasteiger partial charge in [0.25, 0.3) is 0 Å². The van der Waals surface area contributed by atoms with Gasteiger partial charge in [-0.25, -0.2) is 0 Å². The second-order valence-corrected chi connectivity index (χ2v) is 7.08. The van der Waals surface area contributed by atoms with Gasteiger partial charge in [0.15, 0.2) is 0 Å². The van der Waals surface area contributed by atoms with E-state index in [1.807, 2.05) is 12.1 Å². The summed E-state index contributed by atoms with van der Waals surface area (Å²) in [7, 11) is 1.80. The lowest BCUT2D eigenvalue weighted by molar-refractivity contribution is -0.132. The lowest BCUT2D eigenvalue weighted by Gasteiger charge is -2.28. The summed E-state index contributed by atoms with van der Waals surface area (Å²) >= 11 is 0. The van der Waals surface area contributed by atoms with Gasteiger partial charge < -0.3 is 9.42 Å². The summed E-state index contributed by atoms with van der Waals surface area (Å²) in [6.45, 7) is 2.54. The van der Waals surface area contributed by atoms with Crippen LogP contribution in [0.5, 0.6) is 0 Å². The Balaban J connectivity index is 1.54. The van der Waals surface area contributed by atoms with Crippen LogP contribution in [0.15, 0.2) is 29.0 Å². The van der Waals surface area contributed by atoms with Crippen molar-refractivity contribution in [3.8, 4) is 11.4 Å². The number of nitrogens with zero attached hydrogens (tertiary/aromatic N) is 4. The van der Waals surface area contributed by atoms with E-state index >= 15 is 0 Å². The highest BCUT2D eigenvalue weighted by molar-refractivity contribution is 5.76. The molecule has 6 nitrogen and oxygen atoms in total. The molecule has 1 saturated carbocycles. The van der Waals surface area contributed by atoms with Crippen LogP contribution in [0, 0.1) is 11.8 Å². The van der Waals surface area contributed by atoms with Gasteiger partial charge in [-0.3, -0.25) is 9.78 Å². The Bertz CT molecular complexity index is 680. The molecule has 0 spiro atoms. The minimum absolute atomic E-state index is 0.138. The quantitative estimate of drug-likeness (QED) is 0.800. The molecule has 134 valence electrons. The summed E-state index contributed by atoms with van der Waals surface area (Å²) in [6, 6.07) is 3.70. The van der Waals surface area contributed by atoms with Gasteiger partial charge in [0.1, 0.15) is 0 Å². The molecule has 1 atom stereocenters. The molecule has 0 N–H and O–H groups in total. The van der Waals surface area contributed by atoms with Crippen molar-refractivity contribution in [1.29, 1.82) is 0 Å². The molecular formula is C19H26N4O2. The van der Waals surface area contributed by atoms with Gasteiger partial charge in [-0.15, -0.1) is 0 Å². The second-order valence-electron chi connectivity index (χ2n) is 7.08. The molecule has 1 aliphatic rings. The molecule has 25 heavy (non-hydrogen) atoms. The normalized spacial score (nSPS) is 16.6. The van der Waals surface area contributed by atoms with Crippen LogP contribution in [-0.4, -0.2) is 33.0 Å². The standard InChI is InChI=1S/C19H26N4O2/c1-14(15-7-4-3-5-8-15)11-18(24)23(2)13-17-21-19(22-25-17)16-9-6-10-20-12-16/h6,9-10,12,14-15H,3-5,7-8,11,13H2,1-2H3/t14-/m0/s1. The molecule has 2 aromatic heterocycles. The van der Waals surface area contributed by atoms with Crippen LogP contribution < -0.4 is 0 Å². The molecule has 0 aromatic carbocycles. The number of carbonyl (C=O) groups is 1. The lowest BCUT2D eigenvalue weighted by Crippen LogP contribution is -2.29. The maximum absolute atomic E-state index is 12.5. The number of hydrogen-bond acceptors (Lipinski definition) is 5. The molecule has 1 amide bonds. The van der Waals surface area contributed by atoms with Gasteiger partial charge in [0.2, 0.25) is 17.6 Å². The molecule has 2 heterocycles. The molecule has 0 saturated heterocycles. The maximum atomic E-state index is 12.5. The minimum Gasteiger partial charge on any atom is -0.337 e. The molecule has 0 bridgehead atoms. The molecular weight excluding hydrogens is 316 g/mol. The SMILES string of the molecule is C[C@@H](CC(=O)N(C)Cc1nc(-c2cccnc2)no1)C1CCCCC1. The van der Waals surface area contributed by atoms with Crippen molar-refractivity contribution in [3.63, 3.8) is 0 Å². The third-order valence-corrected chi connectivity index (χ3v) is 5.14. The van der Waals surface area contributed by atoms with Crippen molar-refractivity contribution in [2.45, 2.75) is 52.0 Å². The molecule has 0 unspecified atom stereocenters. The zero-order valence-electron chi connectivity index (χ0n) is 15.0. The van der Waals surface area contributed by atoms with Gasteiger partial charge >= 0.3 is 0 Å². The maximum Gasteiger partial charge on any atom is 0.246 e. The number of aromatic nitrogens is 3. The van der Waals surface area contributed by atoms with Gasteiger partial charge in [0.05, 0.1) is 6.54 Å². The first kappa shape index (κ1) is 17.6. The highest BCUT2D eigenvalue weighted by Gasteiger charge is 2.24. The Morgan fingerprint density at radius 1 is 1.36 bits per heavy atom. The van der Waals surface area contributed by atoms with Crippen LogP contribution in [0.3, 0.4) is 0 Å². The van der Waals surface area contributed by atoms with Crippen molar-refractivity contribution in [3.05, 3.63) is 30.4 Å². The van der Waals surface area contributed by atoms with Gasteiger partial charge in [-0.2, -0.15) is 4.98 Å². The molecule has 6 heteroatoms. The highest BCUT2D eigenvalue weighted by Crippen LogP contribution is 2.31. The molecule has 2 aromatic rings. The van der Waals surface area contributed by atoms with E-state index < -0.39 is 0 Å². The largest absolute Gasteiger partial charge is 0.337 e. The van der Waals surface area contributed by atoms with Crippen LogP contribution >= 0.6 is 0 Å². The number of amides is 1. The predicted molar refractivity (Wildman–Crippen MR) is 94.4 cm³/mol. The van der Waals surface area contributed by atoms with Crippen molar-refractivity contribution in [2.24, 2.45) is 11.8 Å². The summed E-state index contributed by atoms with van der Waals surface area (Å²) in [5, 5.41) is 3.97. The first-order chi connectivity index (χ1) is 12.1. The fraction of sp³-hybridized carbons (Fsp3) is 0.579. The molecule has 3 rings (SSSR count). The Hall–Kier alpha value is -2.24. The fourth-order valence-electron chi connectivity index (χ4n) is 3.52. The van der Waals surface area contributed by atoms with E-state index in [1.165, 1.54) is 32.1 Å². The monoisotopic (exact) mass is 342 g/mol. The van der Waals surface area contributed by atoms with Crippen LogP contribution in [-0.2, 0) is 11.3 Å². The lowest BCUT2D eigenvalue weighted by atomic mass is 9.79. The van der Waals surface area contributed by atoms with Gasteiger partial charge in [-0.1, -0.05) is 44.2 Å². The van der Waals surface area contributed by atoms with E-state index in [1.54, 1.807) is 24.3 Å². The first-order valence-corrected chi connectivity index (χ1v) is 9.10. The molecule has 0 radical (unpaired) electrons. The molecule has 1 aliphatic carbocycles. The minimum atomic E-state index is 0.138. The topological polar surface area (TPSA) is 72.1 Å². The van der Waals surface area contributed by atoms with E-state index in [9.17, 15) is 4.79 Å². The Morgan fingerprint density at radius 2 is 2.16 bits per heavy atom. The fourth-order valence-corrected chi connectivity index (χ4v) is 3.52. The Labute approximate surface area is 148 Å². The Morgan fingerprint density at radius 3 is 2.88 bits per heavy atom. The average molecular weight is 342 g/mol. The van der Waals surface area contributed by atoms with Crippen LogP contribution in [0.4, 0.5) is 0 Å². The first-order valence-electron chi connectivity index (χ1n) is 9.10. The van der Waals surface area contributed by atoms with Gasteiger partial charge in [0, 0.05) is 31.4 Å². The summed E-state index contributed by atoms with van der Waals surface area (Å²) in [4.78, 5) is 22.6. The molecule has 0 aliphatic heterocycles. The molecule has 1 fully saturated rings. The van der Waals surface area contributed by atoms with Crippen LogP contribution in [0.25, 0.3) is 11.4 Å². The van der Waals surface area contributed by atoms with E-state index in [4.69, 9.17) is 4.52 Å². The van der Waals surface area contributed by atoms with Crippen LogP contribution in [0.1, 0.15) is 51.3 Å². The third-order valence-electron chi connectivity index (χ3n) is 5.14. The van der Waals surface area contributed by atoms with E-state index in [-0.39, 0.29) is 5.91 Å². The third kappa shape index (κ3) is 4.65. The van der Waals surface area contributed by atoms with Crippen molar-refractivity contribution < 1.29 is 9.32 Å². The van der Waals surface area contributed by atoms with Crippen molar-refractivity contribution in [2.75, 3.05) is 7.05 Å². The predicted octanol–water partition coefficient (Wildman–Crippen LogP) is 3.70. The smallest absolute Gasteiger partial charge is 0.246 e. The van der Waals surface area contributed by atoms with Crippen LogP contribution in [0.2, 0.25) is 0 Å². The van der Waals surface area contributed by atoms with E-state index in [0.29, 0.717) is 36.5 Å². The summed E-state index contributed by atoms with van der Waals surface area (Å²) in [6.07, 6.45) is 10.4. The van der Waals surface area contributed by atoms with Crippen molar-refractivity contribution >= 4 is 5.91 Å².